The molecular weight excluding hydrogens is 276 g/mol. The number of halogens is 4. The first kappa shape index (κ1) is 16.2. The molecule has 1 aromatic rings. The summed E-state index contributed by atoms with van der Waals surface area (Å²) in [7, 11) is 2.95. The molecule has 0 unspecified atom stereocenters. The van der Waals surface area contributed by atoms with Gasteiger partial charge in [-0.1, -0.05) is 6.42 Å². The Morgan fingerprint density at radius 1 is 1.05 bits per heavy atom. The van der Waals surface area contributed by atoms with Crippen molar-refractivity contribution in [3.8, 4) is 0 Å². The second-order valence-corrected chi connectivity index (χ2v) is 5.23. The molecule has 3 radical (unpaired) electrons. The van der Waals surface area contributed by atoms with Gasteiger partial charge in [0.15, 0.2) is 23.3 Å². The van der Waals surface area contributed by atoms with Gasteiger partial charge in [-0.2, -0.15) is 0 Å². The van der Waals surface area contributed by atoms with Crippen LogP contribution >= 0.6 is 0 Å². The summed E-state index contributed by atoms with van der Waals surface area (Å²) in [5.74, 6) is -6.19. The Balaban J connectivity index is 2.60. The van der Waals surface area contributed by atoms with Gasteiger partial charge in [-0.3, -0.25) is 0 Å². The fourth-order valence-corrected chi connectivity index (χ4v) is 1.82. The molecule has 0 aliphatic rings. The number of rotatable bonds is 6. The molecule has 6 heteroatoms. The molecular formula is C13H15F4OSi. The van der Waals surface area contributed by atoms with Crippen molar-refractivity contribution in [2.75, 3.05) is 0 Å². The van der Waals surface area contributed by atoms with E-state index >= 15 is 0 Å². The summed E-state index contributed by atoms with van der Waals surface area (Å²) < 4.78 is 57.1. The molecule has 0 bridgehead atoms. The maximum absolute atomic E-state index is 13.4. The third kappa shape index (κ3) is 4.31. The van der Waals surface area contributed by atoms with Crippen LogP contribution < -0.4 is 0 Å². The topological polar surface area (TPSA) is 9.23 Å². The summed E-state index contributed by atoms with van der Waals surface area (Å²) in [6.45, 7) is 3.75. The van der Waals surface area contributed by atoms with Crippen LogP contribution in [0.4, 0.5) is 17.6 Å². The lowest BCUT2D eigenvalue weighted by atomic mass is 9.99. The Hall–Kier alpha value is -0.883. The van der Waals surface area contributed by atoms with Gasteiger partial charge in [0.2, 0.25) is 10.5 Å². The van der Waals surface area contributed by atoms with Crippen molar-refractivity contribution in [2.24, 2.45) is 0 Å². The summed E-state index contributed by atoms with van der Waals surface area (Å²) >= 11 is 0. The Labute approximate surface area is 113 Å². The van der Waals surface area contributed by atoms with Crippen molar-refractivity contribution >= 4 is 10.5 Å². The van der Waals surface area contributed by atoms with Crippen LogP contribution in [0.5, 0.6) is 0 Å². The molecule has 0 saturated carbocycles. The molecule has 19 heavy (non-hydrogen) atoms. The van der Waals surface area contributed by atoms with Crippen molar-refractivity contribution in [3.05, 3.63) is 34.9 Å². The number of unbranched alkanes of at least 4 members (excludes halogenated alkanes) is 1. The molecule has 105 valence electrons. The van der Waals surface area contributed by atoms with Crippen LogP contribution in [0.3, 0.4) is 0 Å². The summed E-state index contributed by atoms with van der Waals surface area (Å²) in [5, 5.41) is 0. The quantitative estimate of drug-likeness (QED) is 0.254. The molecule has 0 heterocycles. The van der Waals surface area contributed by atoms with E-state index in [0.717, 1.165) is 0 Å². The average Bonchev–Trinajstić information content (AvgIpc) is 2.37. The van der Waals surface area contributed by atoms with Crippen LogP contribution in [-0.4, -0.2) is 16.1 Å². The Kier molecular flexibility index (Phi) is 5.55. The van der Waals surface area contributed by atoms with Crippen LogP contribution in [0.1, 0.15) is 38.7 Å². The highest BCUT2D eigenvalue weighted by Crippen LogP contribution is 2.22. The van der Waals surface area contributed by atoms with E-state index in [9.17, 15) is 17.6 Å². The van der Waals surface area contributed by atoms with Crippen LogP contribution in [0.25, 0.3) is 0 Å². The minimum Gasteiger partial charge on any atom is -0.414 e. The van der Waals surface area contributed by atoms with Crippen LogP contribution in [0.2, 0.25) is 0 Å². The summed E-state index contributed by atoms with van der Waals surface area (Å²) in [6.07, 6.45) is 2.07. The molecule has 0 amide bonds. The third-order valence-electron chi connectivity index (χ3n) is 2.93. The Morgan fingerprint density at radius 3 is 2.26 bits per heavy atom. The number of aryl methyl sites for hydroxylation is 1. The van der Waals surface area contributed by atoms with Crippen molar-refractivity contribution < 1.29 is 22.0 Å². The molecule has 1 nitrogen and oxygen atoms in total. The Morgan fingerprint density at radius 2 is 1.68 bits per heavy atom. The zero-order valence-electron chi connectivity index (χ0n) is 10.8. The standard InChI is InChI=1S/C13H15F4OSi/c1-13(2,18-19)6-4-3-5-8-7-9(14)11(16)12(17)10(8)15/h7H,3-6H2,1-2H3. The van der Waals surface area contributed by atoms with E-state index in [-0.39, 0.29) is 17.6 Å². The van der Waals surface area contributed by atoms with Gasteiger partial charge >= 0.3 is 0 Å². The van der Waals surface area contributed by atoms with Crippen LogP contribution in [0.15, 0.2) is 6.07 Å². The van der Waals surface area contributed by atoms with E-state index in [2.05, 4.69) is 10.5 Å². The highest BCUT2D eigenvalue weighted by atomic mass is 28.2. The second kappa shape index (κ2) is 6.52. The molecule has 1 rings (SSSR count). The predicted molar refractivity (Wildman–Crippen MR) is 64.7 cm³/mol. The van der Waals surface area contributed by atoms with Crippen LogP contribution in [-0.2, 0) is 10.8 Å². The third-order valence-corrected chi connectivity index (χ3v) is 3.48. The maximum atomic E-state index is 13.4. The van der Waals surface area contributed by atoms with E-state index in [1.54, 1.807) is 0 Å². The van der Waals surface area contributed by atoms with Gasteiger partial charge in [0, 0.05) is 5.60 Å². The second-order valence-electron chi connectivity index (χ2n) is 5.03. The van der Waals surface area contributed by atoms with Gasteiger partial charge in [-0.05, 0) is 44.7 Å². The largest absolute Gasteiger partial charge is 0.414 e. The van der Waals surface area contributed by atoms with E-state index in [1.165, 1.54) is 0 Å². The molecule has 0 aliphatic carbocycles. The molecule has 0 spiro atoms. The monoisotopic (exact) mass is 291 g/mol. The minimum atomic E-state index is -1.77. The normalized spacial score (nSPS) is 11.9. The maximum Gasteiger partial charge on any atom is 0.246 e. The van der Waals surface area contributed by atoms with Gasteiger partial charge < -0.3 is 4.43 Å². The highest BCUT2D eigenvalue weighted by molar-refractivity contribution is 5.98. The van der Waals surface area contributed by atoms with Crippen molar-refractivity contribution in [3.63, 3.8) is 0 Å². The summed E-state index contributed by atoms with van der Waals surface area (Å²) in [5.41, 5.74) is -0.511. The zero-order valence-corrected chi connectivity index (χ0v) is 11.8. The fourth-order valence-electron chi connectivity index (χ4n) is 1.72. The fraction of sp³-hybridized carbons (Fsp3) is 0.538. The van der Waals surface area contributed by atoms with Crippen molar-refractivity contribution in [2.45, 2.75) is 45.1 Å². The van der Waals surface area contributed by atoms with Gasteiger partial charge in [-0.25, -0.2) is 17.6 Å². The molecule has 0 N–H and O–H groups in total. The first-order chi connectivity index (χ1) is 8.78. The number of benzene rings is 1. The van der Waals surface area contributed by atoms with Gasteiger partial charge in [0.25, 0.3) is 0 Å². The minimum absolute atomic E-state index is 0.145. The number of hydrogen-bond donors (Lipinski definition) is 0. The summed E-state index contributed by atoms with van der Waals surface area (Å²) in [4.78, 5) is 0. The first-order valence-electron chi connectivity index (χ1n) is 5.95. The lowest BCUT2D eigenvalue weighted by Gasteiger charge is -2.22. The van der Waals surface area contributed by atoms with Gasteiger partial charge in [-0.15, -0.1) is 0 Å². The lowest BCUT2D eigenvalue weighted by molar-refractivity contribution is 0.109. The van der Waals surface area contributed by atoms with Gasteiger partial charge in [0.05, 0.1) is 0 Å². The van der Waals surface area contributed by atoms with E-state index in [1.807, 2.05) is 13.8 Å². The van der Waals surface area contributed by atoms with Crippen LogP contribution in [0, 0.1) is 23.3 Å². The average molecular weight is 291 g/mol. The zero-order chi connectivity index (χ0) is 14.6. The molecule has 0 fully saturated rings. The van der Waals surface area contributed by atoms with E-state index < -0.39 is 23.3 Å². The van der Waals surface area contributed by atoms with E-state index in [4.69, 9.17) is 4.43 Å². The molecule has 0 atom stereocenters. The predicted octanol–water partition coefficient (Wildman–Crippen LogP) is 3.83. The summed E-state index contributed by atoms with van der Waals surface area (Å²) in [6, 6.07) is 0.708. The van der Waals surface area contributed by atoms with Gasteiger partial charge in [0.1, 0.15) is 0 Å². The highest BCUT2D eigenvalue weighted by Gasteiger charge is 2.19. The van der Waals surface area contributed by atoms with E-state index in [0.29, 0.717) is 25.3 Å². The lowest BCUT2D eigenvalue weighted by Crippen LogP contribution is -2.22. The first-order valence-corrected chi connectivity index (χ1v) is 6.36. The SMILES string of the molecule is CC(C)(CCCCc1cc(F)c(F)c(F)c1F)O[Si]. The number of hydrogen-bond acceptors (Lipinski definition) is 1. The smallest absolute Gasteiger partial charge is 0.246 e. The van der Waals surface area contributed by atoms with Crippen molar-refractivity contribution in [1.29, 1.82) is 0 Å². The Bertz CT molecular complexity index is 449. The van der Waals surface area contributed by atoms with Crippen molar-refractivity contribution in [1.82, 2.24) is 0 Å². The molecule has 0 aromatic heterocycles. The molecule has 1 aromatic carbocycles. The molecule has 0 aliphatic heterocycles. The molecule has 0 saturated heterocycles.